The molecule has 0 aliphatic carbocycles. The van der Waals surface area contributed by atoms with Crippen molar-refractivity contribution in [3.8, 4) is 11.5 Å². The number of nitrogens with zero attached hydrogens (tertiary/aromatic N) is 2. The van der Waals surface area contributed by atoms with Gasteiger partial charge in [0.05, 0.1) is 6.04 Å². The predicted molar refractivity (Wildman–Crippen MR) is 94.8 cm³/mol. The Hall–Kier alpha value is -3.35. The van der Waals surface area contributed by atoms with Crippen LogP contribution < -0.4 is 20.3 Å². The molecule has 0 bridgehead atoms. The summed E-state index contributed by atoms with van der Waals surface area (Å²) in [6.45, 7) is 2.86. The van der Waals surface area contributed by atoms with Crippen molar-refractivity contribution in [3.05, 3.63) is 70.3 Å². The molecule has 1 aliphatic heterocycles. The van der Waals surface area contributed by atoms with E-state index in [1.165, 1.54) is 10.6 Å². The van der Waals surface area contributed by atoms with Gasteiger partial charge in [-0.25, -0.2) is 4.98 Å². The second-order valence-corrected chi connectivity index (χ2v) is 6.00. The zero-order valence-corrected chi connectivity index (χ0v) is 14.1. The molecule has 0 unspecified atom stereocenters. The Morgan fingerprint density at radius 1 is 1.19 bits per heavy atom. The highest BCUT2D eigenvalue weighted by molar-refractivity contribution is 5.94. The molecule has 132 valence electrons. The summed E-state index contributed by atoms with van der Waals surface area (Å²) in [5, 5.41) is 2.84. The van der Waals surface area contributed by atoms with Gasteiger partial charge < -0.3 is 14.8 Å². The van der Waals surface area contributed by atoms with E-state index in [1.807, 2.05) is 25.1 Å². The van der Waals surface area contributed by atoms with Crippen molar-refractivity contribution in [2.45, 2.75) is 13.0 Å². The third kappa shape index (κ3) is 2.88. The summed E-state index contributed by atoms with van der Waals surface area (Å²) in [6.07, 6.45) is 2.90. The minimum atomic E-state index is -0.469. The molecule has 0 saturated heterocycles. The van der Waals surface area contributed by atoms with E-state index in [2.05, 4.69) is 10.3 Å². The van der Waals surface area contributed by atoms with Crippen LogP contribution in [-0.2, 0) is 0 Å². The number of hydrogen-bond acceptors (Lipinski definition) is 5. The van der Waals surface area contributed by atoms with E-state index >= 15 is 0 Å². The maximum absolute atomic E-state index is 12.6. The minimum absolute atomic E-state index is 0.00177. The van der Waals surface area contributed by atoms with Crippen molar-refractivity contribution in [3.63, 3.8) is 0 Å². The van der Waals surface area contributed by atoms with Crippen LogP contribution in [0.5, 0.6) is 11.5 Å². The molecular formula is C19H17N3O4. The molecule has 0 radical (unpaired) electrons. The molecule has 1 aromatic carbocycles. The van der Waals surface area contributed by atoms with Crippen molar-refractivity contribution in [2.24, 2.45) is 0 Å². The van der Waals surface area contributed by atoms with Crippen LogP contribution in [0.1, 0.15) is 28.9 Å². The van der Waals surface area contributed by atoms with Gasteiger partial charge in [0.15, 0.2) is 11.5 Å². The lowest BCUT2D eigenvalue weighted by Crippen LogP contribution is -2.33. The van der Waals surface area contributed by atoms with Crippen LogP contribution >= 0.6 is 0 Å². The van der Waals surface area contributed by atoms with E-state index in [1.54, 1.807) is 24.4 Å². The van der Waals surface area contributed by atoms with Gasteiger partial charge in [-0.15, -0.1) is 0 Å². The topological polar surface area (TPSA) is 81.9 Å². The molecule has 1 atom stereocenters. The minimum Gasteiger partial charge on any atom is -0.486 e. The normalized spacial score (nSPS) is 14.0. The fourth-order valence-corrected chi connectivity index (χ4v) is 2.87. The van der Waals surface area contributed by atoms with Gasteiger partial charge in [-0.2, -0.15) is 0 Å². The molecule has 3 aromatic rings. The number of fused-ring (bicyclic) bond motifs is 2. The molecule has 3 heterocycles. The van der Waals surface area contributed by atoms with Gasteiger partial charge in [0.1, 0.15) is 24.4 Å². The molecular weight excluding hydrogens is 334 g/mol. The smallest absolute Gasteiger partial charge is 0.270 e. The van der Waals surface area contributed by atoms with Crippen LogP contribution in [0.3, 0.4) is 0 Å². The summed E-state index contributed by atoms with van der Waals surface area (Å²) < 4.78 is 12.4. The first-order chi connectivity index (χ1) is 12.6. The number of ether oxygens (including phenoxy) is 2. The third-order valence-corrected chi connectivity index (χ3v) is 4.27. The van der Waals surface area contributed by atoms with Gasteiger partial charge in [-0.1, -0.05) is 12.1 Å². The number of amides is 1. The number of hydrogen-bond donors (Lipinski definition) is 1. The zero-order chi connectivity index (χ0) is 18.1. The third-order valence-electron chi connectivity index (χ3n) is 4.27. The Kier molecular flexibility index (Phi) is 4.04. The van der Waals surface area contributed by atoms with Crippen molar-refractivity contribution in [1.82, 2.24) is 14.7 Å². The van der Waals surface area contributed by atoms with Crippen molar-refractivity contribution < 1.29 is 14.3 Å². The Labute approximate surface area is 149 Å². The molecule has 2 aromatic heterocycles. The number of nitrogens with one attached hydrogen (secondary N) is 1. The molecule has 1 aliphatic rings. The predicted octanol–water partition coefficient (Wildman–Crippen LogP) is 1.96. The molecule has 1 N–H and O–H groups in total. The summed E-state index contributed by atoms with van der Waals surface area (Å²) in [5.41, 5.74) is 0.950. The van der Waals surface area contributed by atoms with Crippen molar-refractivity contribution in [1.29, 1.82) is 0 Å². The Morgan fingerprint density at radius 2 is 2.00 bits per heavy atom. The number of carbonyl (C=O) groups excluding carboxylic acids is 1. The van der Waals surface area contributed by atoms with Gasteiger partial charge >= 0.3 is 0 Å². The summed E-state index contributed by atoms with van der Waals surface area (Å²) >= 11 is 0. The van der Waals surface area contributed by atoms with Crippen LogP contribution in [0, 0.1) is 0 Å². The first-order valence-electron chi connectivity index (χ1n) is 8.30. The quantitative estimate of drug-likeness (QED) is 0.780. The molecule has 26 heavy (non-hydrogen) atoms. The Balaban J connectivity index is 1.58. The fourth-order valence-electron chi connectivity index (χ4n) is 2.87. The lowest BCUT2D eigenvalue weighted by Gasteiger charge is -2.21. The van der Waals surface area contributed by atoms with Crippen LogP contribution in [0.4, 0.5) is 0 Å². The highest BCUT2D eigenvalue weighted by Gasteiger charge is 2.18. The molecule has 0 spiro atoms. The van der Waals surface area contributed by atoms with Crippen LogP contribution in [-0.4, -0.2) is 28.5 Å². The fraction of sp³-hybridized carbons (Fsp3) is 0.211. The lowest BCUT2D eigenvalue weighted by atomic mass is 10.1. The second kappa shape index (κ2) is 6.51. The SMILES string of the molecule is C[C@H](NC(=O)c1cnc2ccccn2c1=O)c1ccc2c(c1)OCCO2. The van der Waals surface area contributed by atoms with E-state index in [0.717, 1.165) is 5.56 Å². The highest BCUT2D eigenvalue weighted by atomic mass is 16.6. The largest absolute Gasteiger partial charge is 0.486 e. The summed E-state index contributed by atoms with van der Waals surface area (Å²) in [6, 6.07) is 10.4. The zero-order valence-electron chi connectivity index (χ0n) is 14.1. The molecule has 1 amide bonds. The molecule has 7 heteroatoms. The molecule has 0 fully saturated rings. The van der Waals surface area contributed by atoms with Crippen LogP contribution in [0.15, 0.2) is 53.6 Å². The summed E-state index contributed by atoms with van der Waals surface area (Å²) in [5.74, 6) is 0.876. The summed E-state index contributed by atoms with van der Waals surface area (Å²) in [7, 11) is 0. The number of rotatable bonds is 3. The van der Waals surface area contributed by atoms with E-state index in [9.17, 15) is 9.59 Å². The number of benzene rings is 1. The number of carbonyl (C=O) groups is 1. The first-order valence-corrected chi connectivity index (χ1v) is 8.30. The van der Waals surface area contributed by atoms with Crippen LogP contribution in [0.25, 0.3) is 5.65 Å². The maximum Gasteiger partial charge on any atom is 0.270 e. The Morgan fingerprint density at radius 3 is 2.85 bits per heavy atom. The van der Waals surface area contributed by atoms with E-state index in [-0.39, 0.29) is 11.6 Å². The van der Waals surface area contributed by atoms with Crippen molar-refractivity contribution >= 4 is 11.6 Å². The average Bonchev–Trinajstić information content (AvgIpc) is 2.68. The van der Waals surface area contributed by atoms with Crippen LogP contribution in [0.2, 0.25) is 0 Å². The maximum atomic E-state index is 12.6. The summed E-state index contributed by atoms with van der Waals surface area (Å²) in [4.78, 5) is 29.2. The van der Waals surface area contributed by atoms with Gasteiger partial charge in [0.2, 0.25) is 0 Å². The van der Waals surface area contributed by atoms with E-state index < -0.39 is 11.5 Å². The monoisotopic (exact) mass is 351 g/mol. The first kappa shape index (κ1) is 16.1. The van der Waals surface area contributed by atoms with Gasteiger partial charge in [-0.05, 0) is 36.8 Å². The molecule has 7 nitrogen and oxygen atoms in total. The standard InChI is InChI=1S/C19H17N3O4/c1-12(13-5-6-15-16(10-13)26-9-8-25-15)21-18(23)14-11-20-17-4-2-3-7-22(17)19(14)24/h2-7,10-12H,8-9H2,1H3,(H,21,23)/t12-/m0/s1. The lowest BCUT2D eigenvalue weighted by molar-refractivity contribution is 0.0937. The van der Waals surface area contributed by atoms with Gasteiger partial charge in [0.25, 0.3) is 11.5 Å². The molecule has 0 saturated carbocycles. The second-order valence-electron chi connectivity index (χ2n) is 6.00. The Bertz CT molecular complexity index is 1040. The number of pyridine rings is 1. The number of aromatic nitrogens is 2. The van der Waals surface area contributed by atoms with Gasteiger partial charge in [-0.3, -0.25) is 14.0 Å². The van der Waals surface area contributed by atoms with E-state index in [4.69, 9.17) is 9.47 Å². The molecule has 4 rings (SSSR count). The van der Waals surface area contributed by atoms with Crippen molar-refractivity contribution in [2.75, 3.05) is 13.2 Å². The van der Waals surface area contributed by atoms with E-state index in [0.29, 0.717) is 30.4 Å². The highest BCUT2D eigenvalue weighted by Crippen LogP contribution is 2.32. The average molecular weight is 351 g/mol. The van der Waals surface area contributed by atoms with Gasteiger partial charge in [0, 0.05) is 12.4 Å².